The van der Waals surface area contributed by atoms with Gasteiger partial charge in [0.2, 0.25) is 5.76 Å². The highest BCUT2D eigenvalue weighted by Gasteiger charge is 2.15. The van der Waals surface area contributed by atoms with Crippen LogP contribution in [0.1, 0.15) is 23.0 Å². The van der Waals surface area contributed by atoms with Crippen LogP contribution < -0.4 is 0 Å². The molecule has 0 saturated heterocycles. The molecule has 1 rings (SSSR count). The molecule has 0 bridgehead atoms. The van der Waals surface area contributed by atoms with Crippen molar-refractivity contribution in [2.24, 2.45) is 0 Å². The standard InChI is InChI=1S/C9H12O4/c1-3-12-9(10)8-7(6-11-2)4-5-13-8/h4-5H,3,6H2,1-2H3. The van der Waals surface area contributed by atoms with E-state index in [2.05, 4.69) is 0 Å². The van der Waals surface area contributed by atoms with E-state index in [0.717, 1.165) is 0 Å². The van der Waals surface area contributed by atoms with E-state index in [9.17, 15) is 4.79 Å². The highest BCUT2D eigenvalue weighted by molar-refractivity contribution is 5.87. The van der Waals surface area contributed by atoms with Crippen molar-refractivity contribution in [1.82, 2.24) is 0 Å². The van der Waals surface area contributed by atoms with Crippen molar-refractivity contribution < 1.29 is 18.7 Å². The second-order valence-electron chi connectivity index (χ2n) is 2.43. The van der Waals surface area contributed by atoms with Crippen LogP contribution in [-0.2, 0) is 16.1 Å². The van der Waals surface area contributed by atoms with Crippen LogP contribution in [0.5, 0.6) is 0 Å². The minimum absolute atomic E-state index is 0.226. The van der Waals surface area contributed by atoms with Gasteiger partial charge in [0.05, 0.1) is 19.5 Å². The third-order valence-electron chi connectivity index (χ3n) is 1.51. The smallest absolute Gasteiger partial charge is 0.374 e. The number of furan rings is 1. The summed E-state index contributed by atoms with van der Waals surface area (Å²) in [6.45, 7) is 2.44. The fraction of sp³-hybridized carbons (Fsp3) is 0.444. The number of hydrogen-bond acceptors (Lipinski definition) is 4. The molecule has 0 fully saturated rings. The van der Waals surface area contributed by atoms with E-state index in [4.69, 9.17) is 13.9 Å². The van der Waals surface area contributed by atoms with E-state index in [1.807, 2.05) is 0 Å². The lowest BCUT2D eigenvalue weighted by molar-refractivity contribution is 0.0484. The van der Waals surface area contributed by atoms with E-state index < -0.39 is 5.97 Å². The van der Waals surface area contributed by atoms with Crippen molar-refractivity contribution in [3.8, 4) is 0 Å². The van der Waals surface area contributed by atoms with E-state index in [1.165, 1.54) is 6.26 Å². The number of rotatable bonds is 4. The Hall–Kier alpha value is -1.29. The van der Waals surface area contributed by atoms with Crippen molar-refractivity contribution in [2.45, 2.75) is 13.5 Å². The molecular formula is C9H12O4. The molecule has 4 nitrogen and oxygen atoms in total. The van der Waals surface area contributed by atoms with Gasteiger partial charge in [-0.25, -0.2) is 4.79 Å². The van der Waals surface area contributed by atoms with Crippen molar-refractivity contribution in [2.75, 3.05) is 13.7 Å². The average molecular weight is 184 g/mol. The van der Waals surface area contributed by atoms with E-state index >= 15 is 0 Å². The summed E-state index contributed by atoms with van der Waals surface area (Å²) in [4.78, 5) is 11.2. The predicted octanol–water partition coefficient (Wildman–Crippen LogP) is 1.60. The number of esters is 1. The van der Waals surface area contributed by atoms with Gasteiger partial charge in [0.1, 0.15) is 0 Å². The van der Waals surface area contributed by atoms with Gasteiger partial charge in [-0.05, 0) is 13.0 Å². The Bertz CT molecular complexity index is 277. The van der Waals surface area contributed by atoms with Crippen molar-refractivity contribution in [3.63, 3.8) is 0 Å². The molecule has 4 heteroatoms. The van der Waals surface area contributed by atoms with Crippen LogP contribution in [0.15, 0.2) is 16.7 Å². The Kier molecular flexibility index (Phi) is 3.52. The summed E-state index contributed by atoms with van der Waals surface area (Å²) in [7, 11) is 1.56. The lowest BCUT2D eigenvalue weighted by Gasteiger charge is -2.00. The maximum absolute atomic E-state index is 11.2. The van der Waals surface area contributed by atoms with Gasteiger partial charge >= 0.3 is 5.97 Å². The van der Waals surface area contributed by atoms with Gasteiger partial charge in [0.25, 0.3) is 0 Å². The topological polar surface area (TPSA) is 48.7 Å². The molecule has 72 valence electrons. The average Bonchev–Trinajstić information content (AvgIpc) is 2.54. The molecule has 1 heterocycles. The fourth-order valence-corrected chi connectivity index (χ4v) is 0.981. The van der Waals surface area contributed by atoms with E-state index in [-0.39, 0.29) is 5.76 Å². The van der Waals surface area contributed by atoms with Crippen LogP contribution in [0.4, 0.5) is 0 Å². The van der Waals surface area contributed by atoms with Crippen LogP contribution in [0.25, 0.3) is 0 Å². The molecule has 0 unspecified atom stereocenters. The maximum atomic E-state index is 11.2. The van der Waals surface area contributed by atoms with Gasteiger partial charge in [0, 0.05) is 12.7 Å². The minimum Gasteiger partial charge on any atom is -0.460 e. The Morgan fingerprint density at radius 3 is 3.00 bits per heavy atom. The van der Waals surface area contributed by atoms with Crippen molar-refractivity contribution in [3.05, 3.63) is 23.7 Å². The number of carbonyl (C=O) groups excluding carboxylic acids is 1. The molecule has 0 aromatic carbocycles. The van der Waals surface area contributed by atoms with Gasteiger partial charge in [0.15, 0.2) is 0 Å². The summed E-state index contributed by atoms with van der Waals surface area (Å²) >= 11 is 0. The Balaban J connectivity index is 2.74. The number of carbonyl (C=O) groups is 1. The highest BCUT2D eigenvalue weighted by Crippen LogP contribution is 2.12. The zero-order valence-corrected chi connectivity index (χ0v) is 7.70. The molecule has 1 aromatic rings. The summed E-state index contributed by atoms with van der Waals surface area (Å²) < 4.78 is 14.6. The van der Waals surface area contributed by atoms with Crippen LogP contribution in [-0.4, -0.2) is 19.7 Å². The Morgan fingerprint density at radius 1 is 1.62 bits per heavy atom. The molecule has 0 spiro atoms. The summed E-state index contributed by atoms with van der Waals surface area (Å²) in [5.74, 6) is -0.219. The Labute approximate surface area is 76.4 Å². The maximum Gasteiger partial charge on any atom is 0.374 e. The van der Waals surface area contributed by atoms with Gasteiger partial charge in [-0.1, -0.05) is 0 Å². The SMILES string of the molecule is CCOC(=O)c1occc1COC. The van der Waals surface area contributed by atoms with Gasteiger partial charge in [-0.2, -0.15) is 0 Å². The summed E-state index contributed by atoms with van der Waals surface area (Å²) in [5.41, 5.74) is 0.709. The van der Waals surface area contributed by atoms with Gasteiger partial charge in [-0.15, -0.1) is 0 Å². The molecule has 0 amide bonds. The molecule has 0 aliphatic heterocycles. The van der Waals surface area contributed by atoms with Gasteiger partial charge < -0.3 is 13.9 Å². The minimum atomic E-state index is -0.445. The normalized spacial score (nSPS) is 10.0. The fourth-order valence-electron chi connectivity index (χ4n) is 0.981. The number of hydrogen-bond donors (Lipinski definition) is 0. The predicted molar refractivity (Wildman–Crippen MR) is 45.4 cm³/mol. The summed E-state index contributed by atoms with van der Waals surface area (Å²) in [6, 6.07) is 1.69. The van der Waals surface area contributed by atoms with Crippen molar-refractivity contribution >= 4 is 5.97 Å². The van der Waals surface area contributed by atoms with Crippen molar-refractivity contribution in [1.29, 1.82) is 0 Å². The Morgan fingerprint density at radius 2 is 2.38 bits per heavy atom. The first-order valence-corrected chi connectivity index (χ1v) is 4.02. The summed E-state index contributed by atoms with van der Waals surface area (Å²) in [6.07, 6.45) is 1.45. The zero-order valence-electron chi connectivity index (χ0n) is 7.70. The molecule has 0 N–H and O–H groups in total. The third kappa shape index (κ3) is 2.32. The van der Waals surface area contributed by atoms with Crippen LogP contribution in [0, 0.1) is 0 Å². The monoisotopic (exact) mass is 184 g/mol. The first-order valence-electron chi connectivity index (χ1n) is 4.02. The van der Waals surface area contributed by atoms with E-state index in [1.54, 1.807) is 20.1 Å². The van der Waals surface area contributed by atoms with Crippen LogP contribution in [0.3, 0.4) is 0 Å². The first kappa shape index (κ1) is 9.80. The first-order chi connectivity index (χ1) is 6.29. The lowest BCUT2D eigenvalue weighted by atomic mass is 10.2. The van der Waals surface area contributed by atoms with E-state index in [0.29, 0.717) is 18.8 Å². The molecule has 0 radical (unpaired) electrons. The second kappa shape index (κ2) is 4.67. The third-order valence-corrected chi connectivity index (χ3v) is 1.51. The molecule has 0 aliphatic carbocycles. The number of methoxy groups -OCH3 is 1. The largest absolute Gasteiger partial charge is 0.460 e. The van der Waals surface area contributed by atoms with Crippen LogP contribution in [0.2, 0.25) is 0 Å². The molecule has 13 heavy (non-hydrogen) atoms. The number of ether oxygens (including phenoxy) is 2. The lowest BCUT2D eigenvalue weighted by Crippen LogP contribution is -2.06. The molecule has 0 atom stereocenters. The summed E-state index contributed by atoms with van der Waals surface area (Å²) in [5, 5.41) is 0. The quantitative estimate of drug-likeness (QED) is 0.667. The van der Waals surface area contributed by atoms with Crippen LogP contribution >= 0.6 is 0 Å². The molecule has 1 aromatic heterocycles. The zero-order chi connectivity index (χ0) is 9.68. The van der Waals surface area contributed by atoms with Gasteiger partial charge in [-0.3, -0.25) is 0 Å². The molecule has 0 saturated carbocycles. The molecular weight excluding hydrogens is 172 g/mol. The molecule has 0 aliphatic rings. The second-order valence-corrected chi connectivity index (χ2v) is 2.43. The highest BCUT2D eigenvalue weighted by atomic mass is 16.5.